The number of rotatable bonds is 3. The second kappa shape index (κ2) is 5.78. The summed E-state index contributed by atoms with van der Waals surface area (Å²) >= 11 is 23.3. The smallest absolute Gasteiger partial charge is 0.330 e. The molecule has 0 spiro atoms. The average molecular weight is 300 g/mol. The number of hydrogen-bond donors (Lipinski definition) is 0. The first-order chi connectivity index (χ1) is 7.47. The van der Waals surface area contributed by atoms with E-state index in [-0.39, 0.29) is 26.7 Å². The van der Waals surface area contributed by atoms with Gasteiger partial charge in [-0.3, -0.25) is 0 Å². The minimum atomic E-state index is -0.557. The number of ether oxygens (including phenoxy) is 1. The molecule has 0 saturated carbocycles. The fraction of sp³-hybridized carbons (Fsp3) is 0.100. The van der Waals surface area contributed by atoms with Gasteiger partial charge in [-0.25, -0.2) is 4.79 Å². The van der Waals surface area contributed by atoms with Crippen LogP contribution in [0.3, 0.4) is 0 Å². The Morgan fingerprint density at radius 1 is 1.25 bits per heavy atom. The molecule has 0 radical (unpaired) electrons. The lowest BCUT2D eigenvalue weighted by Crippen LogP contribution is -2.01. The van der Waals surface area contributed by atoms with Crippen molar-refractivity contribution in [1.29, 1.82) is 0 Å². The Bertz CT molecular complexity index is 443. The van der Waals surface area contributed by atoms with Crippen LogP contribution < -0.4 is 0 Å². The highest BCUT2D eigenvalue weighted by Crippen LogP contribution is 2.38. The molecule has 0 atom stereocenters. The van der Waals surface area contributed by atoms with Crippen LogP contribution in [-0.4, -0.2) is 5.97 Å². The van der Waals surface area contributed by atoms with E-state index in [0.717, 1.165) is 6.08 Å². The average Bonchev–Trinajstić information content (AvgIpc) is 2.28. The number of halogens is 4. The molecule has 0 aliphatic rings. The molecule has 0 bridgehead atoms. The van der Waals surface area contributed by atoms with Gasteiger partial charge in [0.05, 0.1) is 20.1 Å². The van der Waals surface area contributed by atoms with Crippen LogP contribution in [0, 0.1) is 0 Å². The van der Waals surface area contributed by atoms with Crippen molar-refractivity contribution in [1.82, 2.24) is 0 Å². The maximum Gasteiger partial charge on any atom is 0.330 e. The van der Waals surface area contributed by atoms with Gasteiger partial charge in [-0.2, -0.15) is 0 Å². The largest absolute Gasteiger partial charge is 0.458 e. The number of carbonyl (C=O) groups excluding carboxylic acids is 1. The van der Waals surface area contributed by atoms with Crippen LogP contribution in [0.2, 0.25) is 20.1 Å². The molecule has 0 fully saturated rings. The van der Waals surface area contributed by atoms with Crippen molar-refractivity contribution in [3.8, 4) is 0 Å². The van der Waals surface area contributed by atoms with Gasteiger partial charge in [0.2, 0.25) is 0 Å². The molecule has 0 aliphatic heterocycles. The van der Waals surface area contributed by atoms with Crippen molar-refractivity contribution < 1.29 is 9.53 Å². The van der Waals surface area contributed by atoms with Crippen molar-refractivity contribution in [2.24, 2.45) is 0 Å². The molecule has 0 N–H and O–H groups in total. The number of benzene rings is 1. The van der Waals surface area contributed by atoms with E-state index in [9.17, 15) is 4.79 Å². The highest BCUT2D eigenvalue weighted by molar-refractivity contribution is 6.51. The van der Waals surface area contributed by atoms with Crippen molar-refractivity contribution in [3.05, 3.63) is 44.4 Å². The minimum absolute atomic E-state index is 0.0414. The second-order valence-electron chi connectivity index (χ2n) is 2.77. The molecule has 1 aromatic carbocycles. The van der Waals surface area contributed by atoms with Crippen LogP contribution in [0.5, 0.6) is 0 Å². The molecule has 2 nitrogen and oxygen atoms in total. The van der Waals surface area contributed by atoms with Gasteiger partial charge in [-0.15, -0.1) is 0 Å². The standard InChI is InChI=1S/C10H6Cl4O2/c1-2-7(15)16-4-5-3-6(11)9(13)10(14)8(5)12/h2-3H,1,4H2. The second-order valence-corrected chi connectivity index (χ2v) is 4.31. The number of hydrogen-bond acceptors (Lipinski definition) is 2. The SMILES string of the molecule is C=CC(=O)OCc1cc(Cl)c(Cl)c(Cl)c1Cl. The molecule has 0 saturated heterocycles. The summed E-state index contributed by atoms with van der Waals surface area (Å²) in [4.78, 5) is 10.9. The molecule has 1 aromatic rings. The first-order valence-electron chi connectivity index (χ1n) is 4.08. The molecule has 0 heterocycles. The van der Waals surface area contributed by atoms with Gasteiger partial charge in [-0.05, 0) is 6.07 Å². The molecular weight excluding hydrogens is 294 g/mol. The minimum Gasteiger partial charge on any atom is -0.458 e. The van der Waals surface area contributed by atoms with Gasteiger partial charge >= 0.3 is 5.97 Å². The Balaban J connectivity index is 2.97. The Hall–Kier alpha value is -0.410. The summed E-state index contributed by atoms with van der Waals surface area (Å²) in [6.45, 7) is 3.22. The quantitative estimate of drug-likeness (QED) is 0.355. The zero-order valence-corrected chi connectivity index (χ0v) is 10.9. The van der Waals surface area contributed by atoms with Gasteiger partial charge in [0.1, 0.15) is 6.61 Å². The third-order valence-corrected chi connectivity index (χ3v) is 3.51. The van der Waals surface area contributed by atoms with Gasteiger partial charge < -0.3 is 4.74 Å². The molecule has 6 heteroatoms. The lowest BCUT2D eigenvalue weighted by atomic mass is 10.2. The molecule has 0 aromatic heterocycles. The van der Waals surface area contributed by atoms with Crippen molar-refractivity contribution in [3.63, 3.8) is 0 Å². The highest BCUT2D eigenvalue weighted by atomic mass is 35.5. The Labute approximate surface area is 113 Å². The van der Waals surface area contributed by atoms with Crippen LogP contribution in [0.15, 0.2) is 18.7 Å². The van der Waals surface area contributed by atoms with Crippen molar-refractivity contribution in [2.45, 2.75) is 6.61 Å². The monoisotopic (exact) mass is 298 g/mol. The first-order valence-corrected chi connectivity index (χ1v) is 5.59. The van der Waals surface area contributed by atoms with Gasteiger partial charge in [0, 0.05) is 11.6 Å². The first kappa shape index (κ1) is 13.7. The van der Waals surface area contributed by atoms with Crippen LogP contribution in [0.1, 0.15) is 5.56 Å². The topological polar surface area (TPSA) is 26.3 Å². The summed E-state index contributed by atoms with van der Waals surface area (Å²) in [6.07, 6.45) is 1.05. The zero-order chi connectivity index (χ0) is 12.3. The van der Waals surface area contributed by atoms with Crippen molar-refractivity contribution >= 4 is 52.4 Å². The van der Waals surface area contributed by atoms with E-state index < -0.39 is 5.97 Å². The summed E-state index contributed by atoms with van der Waals surface area (Å²) in [7, 11) is 0. The predicted molar refractivity (Wildman–Crippen MR) is 66.5 cm³/mol. The van der Waals surface area contributed by atoms with Gasteiger partial charge in [-0.1, -0.05) is 53.0 Å². The molecule has 0 unspecified atom stereocenters. The summed E-state index contributed by atoms with van der Waals surface area (Å²) < 4.78 is 4.81. The molecule has 0 aliphatic carbocycles. The Morgan fingerprint density at radius 2 is 1.88 bits per heavy atom. The van der Waals surface area contributed by atoms with E-state index in [4.69, 9.17) is 51.1 Å². The number of carbonyl (C=O) groups is 1. The predicted octanol–water partition coefficient (Wildman–Crippen LogP) is 4.53. The maximum atomic E-state index is 10.9. The van der Waals surface area contributed by atoms with E-state index in [2.05, 4.69) is 6.58 Å². The fourth-order valence-electron chi connectivity index (χ4n) is 0.935. The van der Waals surface area contributed by atoms with E-state index in [0.29, 0.717) is 5.56 Å². The van der Waals surface area contributed by atoms with E-state index >= 15 is 0 Å². The number of esters is 1. The normalized spacial score (nSPS) is 10.0. The Kier molecular flexibility index (Phi) is 4.93. The van der Waals surface area contributed by atoms with Crippen LogP contribution in [0.25, 0.3) is 0 Å². The van der Waals surface area contributed by atoms with Crippen LogP contribution in [0.4, 0.5) is 0 Å². The molecule has 16 heavy (non-hydrogen) atoms. The van der Waals surface area contributed by atoms with Crippen LogP contribution in [-0.2, 0) is 16.1 Å². The summed E-state index contributed by atoms with van der Waals surface area (Å²) in [5, 5.41) is 0.779. The zero-order valence-electron chi connectivity index (χ0n) is 7.90. The highest BCUT2D eigenvalue weighted by Gasteiger charge is 2.13. The van der Waals surface area contributed by atoms with E-state index in [1.54, 1.807) is 0 Å². The third-order valence-electron chi connectivity index (χ3n) is 1.71. The lowest BCUT2D eigenvalue weighted by Gasteiger charge is -2.08. The van der Waals surface area contributed by atoms with E-state index in [1.807, 2.05) is 0 Å². The fourth-order valence-corrected chi connectivity index (χ4v) is 1.83. The van der Waals surface area contributed by atoms with Crippen molar-refractivity contribution in [2.75, 3.05) is 0 Å². The molecule has 1 rings (SSSR count). The Morgan fingerprint density at radius 3 is 2.44 bits per heavy atom. The van der Waals surface area contributed by atoms with Gasteiger partial charge in [0.15, 0.2) is 0 Å². The summed E-state index contributed by atoms with van der Waals surface area (Å²) in [6, 6.07) is 1.49. The molecule has 0 amide bonds. The van der Waals surface area contributed by atoms with E-state index in [1.165, 1.54) is 6.07 Å². The van der Waals surface area contributed by atoms with Crippen LogP contribution >= 0.6 is 46.4 Å². The molecule has 86 valence electrons. The summed E-state index contributed by atoms with van der Waals surface area (Å²) in [5.74, 6) is -0.557. The lowest BCUT2D eigenvalue weighted by molar-refractivity contribution is -0.138. The molecular formula is C10H6Cl4O2. The summed E-state index contributed by atoms with van der Waals surface area (Å²) in [5.41, 5.74) is 0.483. The van der Waals surface area contributed by atoms with Gasteiger partial charge in [0.25, 0.3) is 0 Å². The third kappa shape index (κ3) is 3.05. The maximum absolute atomic E-state index is 10.9.